The van der Waals surface area contributed by atoms with Gasteiger partial charge in [-0.1, -0.05) is 35.0 Å². The van der Waals surface area contributed by atoms with Gasteiger partial charge >= 0.3 is 0 Å². The minimum absolute atomic E-state index is 0.0283. The number of benzene rings is 1. The van der Waals surface area contributed by atoms with Crippen LogP contribution >= 0.6 is 0 Å². The molecule has 1 aliphatic rings. The largest absolute Gasteiger partial charge is 0.337 e. The molecule has 1 saturated heterocycles. The van der Waals surface area contributed by atoms with Gasteiger partial charge in [-0.05, 0) is 26.0 Å². The van der Waals surface area contributed by atoms with Gasteiger partial charge in [0.1, 0.15) is 12.7 Å². The molecule has 3 aromatic heterocycles. The zero-order valence-electron chi connectivity index (χ0n) is 18.5. The van der Waals surface area contributed by atoms with E-state index in [4.69, 9.17) is 4.52 Å². The molecular formula is C23H24N8O2. The van der Waals surface area contributed by atoms with Crippen LogP contribution in [0.25, 0.3) is 17.2 Å². The van der Waals surface area contributed by atoms with E-state index >= 15 is 0 Å². The first-order valence-corrected chi connectivity index (χ1v) is 10.8. The van der Waals surface area contributed by atoms with Gasteiger partial charge in [0.05, 0.1) is 11.6 Å². The van der Waals surface area contributed by atoms with Gasteiger partial charge in [-0.2, -0.15) is 10.1 Å². The number of carbonyl (C=O) groups is 1. The molecule has 5 rings (SSSR count). The molecule has 0 aliphatic carbocycles. The molecule has 1 unspecified atom stereocenters. The van der Waals surface area contributed by atoms with Gasteiger partial charge in [-0.15, -0.1) is 0 Å². The molecule has 0 bridgehead atoms. The molecule has 1 atom stereocenters. The lowest BCUT2D eigenvalue weighted by atomic mass is 10.1. The van der Waals surface area contributed by atoms with E-state index in [2.05, 4.69) is 37.0 Å². The number of pyridine rings is 1. The Labute approximate surface area is 190 Å². The third kappa shape index (κ3) is 4.37. The van der Waals surface area contributed by atoms with Crippen LogP contribution in [0.1, 0.15) is 34.8 Å². The van der Waals surface area contributed by atoms with Crippen molar-refractivity contribution in [3.05, 3.63) is 72.3 Å². The molecule has 0 radical (unpaired) electrons. The number of hydrogen-bond donors (Lipinski definition) is 0. The lowest BCUT2D eigenvalue weighted by Gasteiger charge is -2.36. The van der Waals surface area contributed by atoms with E-state index < -0.39 is 0 Å². The second kappa shape index (κ2) is 8.91. The van der Waals surface area contributed by atoms with Crippen LogP contribution in [-0.4, -0.2) is 71.8 Å². The van der Waals surface area contributed by atoms with Gasteiger partial charge in [0.15, 0.2) is 5.82 Å². The summed E-state index contributed by atoms with van der Waals surface area (Å²) >= 11 is 0. The van der Waals surface area contributed by atoms with Crippen molar-refractivity contribution in [2.75, 3.05) is 26.2 Å². The summed E-state index contributed by atoms with van der Waals surface area (Å²) in [6.07, 6.45) is 4.59. The van der Waals surface area contributed by atoms with Crippen LogP contribution in [0.3, 0.4) is 0 Å². The predicted octanol–water partition coefficient (Wildman–Crippen LogP) is 2.54. The Kier molecular flexibility index (Phi) is 5.66. The van der Waals surface area contributed by atoms with Crippen LogP contribution in [-0.2, 0) is 0 Å². The molecule has 0 spiro atoms. The molecule has 4 aromatic rings. The highest BCUT2D eigenvalue weighted by atomic mass is 16.5. The van der Waals surface area contributed by atoms with E-state index in [9.17, 15) is 4.79 Å². The fourth-order valence-electron chi connectivity index (χ4n) is 3.85. The molecule has 1 aliphatic heterocycles. The minimum Gasteiger partial charge on any atom is -0.337 e. The van der Waals surface area contributed by atoms with Crippen LogP contribution in [0, 0.1) is 6.92 Å². The van der Waals surface area contributed by atoms with Gasteiger partial charge < -0.3 is 9.42 Å². The SMILES string of the molecule is Cc1ccc(-c2noc(C(C)N3CCN(C(=O)c4ccc(-n5cncn5)nc4)CC3)n2)cc1. The quantitative estimate of drug-likeness (QED) is 0.462. The number of amides is 1. The summed E-state index contributed by atoms with van der Waals surface area (Å²) in [7, 11) is 0. The summed E-state index contributed by atoms with van der Waals surface area (Å²) in [5, 5.41) is 8.19. The first-order chi connectivity index (χ1) is 16.1. The number of hydrogen-bond acceptors (Lipinski definition) is 8. The van der Waals surface area contributed by atoms with Crippen LogP contribution in [0.4, 0.5) is 0 Å². The van der Waals surface area contributed by atoms with Crippen molar-refractivity contribution in [1.82, 2.24) is 39.7 Å². The third-order valence-corrected chi connectivity index (χ3v) is 5.91. The van der Waals surface area contributed by atoms with E-state index in [-0.39, 0.29) is 11.9 Å². The van der Waals surface area contributed by atoms with Gasteiger partial charge in [0.2, 0.25) is 11.7 Å². The lowest BCUT2D eigenvalue weighted by molar-refractivity contribution is 0.0551. The average Bonchev–Trinajstić information content (AvgIpc) is 3.57. The maximum Gasteiger partial charge on any atom is 0.255 e. The lowest BCUT2D eigenvalue weighted by Crippen LogP contribution is -2.49. The van der Waals surface area contributed by atoms with Gasteiger partial charge in [-0.25, -0.2) is 14.6 Å². The molecule has 1 amide bonds. The smallest absolute Gasteiger partial charge is 0.255 e. The van der Waals surface area contributed by atoms with Gasteiger partial charge in [-0.3, -0.25) is 9.69 Å². The maximum atomic E-state index is 12.9. The third-order valence-electron chi connectivity index (χ3n) is 5.91. The van der Waals surface area contributed by atoms with Crippen molar-refractivity contribution in [1.29, 1.82) is 0 Å². The second-order valence-corrected chi connectivity index (χ2v) is 8.07. The summed E-state index contributed by atoms with van der Waals surface area (Å²) < 4.78 is 7.10. The zero-order valence-corrected chi connectivity index (χ0v) is 18.5. The molecule has 10 heteroatoms. The standard InChI is InChI=1S/C23H24N8O2/c1-16-3-5-18(6-4-16)21-27-22(33-28-21)17(2)29-9-11-30(12-10-29)23(32)19-7-8-20(25-13-19)31-15-24-14-26-31/h3-8,13-15,17H,9-12H2,1-2H3. The van der Waals surface area contributed by atoms with E-state index in [1.807, 2.05) is 36.1 Å². The molecule has 1 fully saturated rings. The van der Waals surface area contributed by atoms with Crippen LogP contribution in [0.2, 0.25) is 0 Å². The Morgan fingerprint density at radius 3 is 2.52 bits per heavy atom. The molecule has 4 heterocycles. The molecular weight excluding hydrogens is 420 g/mol. The van der Waals surface area contributed by atoms with Crippen LogP contribution < -0.4 is 0 Å². The molecule has 1 aromatic carbocycles. The molecule has 33 heavy (non-hydrogen) atoms. The van der Waals surface area contributed by atoms with Gasteiger partial charge in [0, 0.05) is 37.9 Å². The number of piperazine rings is 1. The monoisotopic (exact) mass is 444 g/mol. The Balaban J connectivity index is 1.19. The first-order valence-electron chi connectivity index (χ1n) is 10.8. The van der Waals surface area contributed by atoms with Crippen molar-refractivity contribution in [2.24, 2.45) is 0 Å². The molecule has 0 N–H and O–H groups in total. The second-order valence-electron chi connectivity index (χ2n) is 8.07. The van der Waals surface area contributed by atoms with E-state index in [1.54, 1.807) is 29.3 Å². The van der Waals surface area contributed by atoms with Crippen molar-refractivity contribution in [2.45, 2.75) is 19.9 Å². The first kappa shape index (κ1) is 21.0. The number of aromatic nitrogens is 6. The zero-order chi connectivity index (χ0) is 22.8. The fourth-order valence-corrected chi connectivity index (χ4v) is 3.85. The molecule has 168 valence electrons. The minimum atomic E-state index is -0.0300. The summed E-state index contributed by atoms with van der Waals surface area (Å²) in [5.74, 6) is 1.76. The number of aryl methyl sites for hydroxylation is 1. The fraction of sp³-hybridized carbons (Fsp3) is 0.304. The van der Waals surface area contributed by atoms with Crippen LogP contribution in [0.5, 0.6) is 0 Å². The Bertz CT molecular complexity index is 1210. The summed E-state index contributed by atoms with van der Waals surface area (Å²) in [6, 6.07) is 11.6. The van der Waals surface area contributed by atoms with E-state index in [1.165, 1.54) is 11.9 Å². The van der Waals surface area contributed by atoms with Gasteiger partial charge in [0.25, 0.3) is 5.91 Å². The predicted molar refractivity (Wildman–Crippen MR) is 120 cm³/mol. The summed E-state index contributed by atoms with van der Waals surface area (Å²) in [6.45, 7) is 6.78. The highest BCUT2D eigenvalue weighted by Gasteiger charge is 2.28. The van der Waals surface area contributed by atoms with E-state index in [0.717, 1.165) is 18.7 Å². The van der Waals surface area contributed by atoms with E-state index in [0.29, 0.717) is 36.2 Å². The summed E-state index contributed by atoms with van der Waals surface area (Å²) in [4.78, 5) is 29.9. The van der Waals surface area contributed by atoms with Crippen molar-refractivity contribution in [3.63, 3.8) is 0 Å². The highest BCUT2D eigenvalue weighted by molar-refractivity contribution is 5.94. The summed E-state index contributed by atoms with van der Waals surface area (Å²) in [5.41, 5.74) is 2.67. The van der Waals surface area contributed by atoms with Crippen molar-refractivity contribution < 1.29 is 9.32 Å². The van der Waals surface area contributed by atoms with Crippen molar-refractivity contribution >= 4 is 5.91 Å². The average molecular weight is 444 g/mol. The Morgan fingerprint density at radius 1 is 1.06 bits per heavy atom. The number of nitrogens with zero attached hydrogens (tertiary/aromatic N) is 8. The van der Waals surface area contributed by atoms with Crippen molar-refractivity contribution in [3.8, 4) is 17.2 Å². The molecule has 10 nitrogen and oxygen atoms in total. The maximum absolute atomic E-state index is 12.9. The Morgan fingerprint density at radius 2 is 1.85 bits per heavy atom. The highest BCUT2D eigenvalue weighted by Crippen LogP contribution is 2.24. The molecule has 0 saturated carbocycles. The normalized spacial score (nSPS) is 15.5. The van der Waals surface area contributed by atoms with Crippen LogP contribution in [0.15, 0.2) is 59.8 Å². The Hall–Kier alpha value is -3.92. The number of rotatable bonds is 5. The number of carbonyl (C=O) groups excluding carboxylic acids is 1. The topological polar surface area (TPSA) is 106 Å².